The lowest BCUT2D eigenvalue weighted by atomic mass is 9.90. The number of thioether (sulfide) groups is 1. The number of aromatic nitrogens is 5. The first-order chi connectivity index (χ1) is 15.8. The van der Waals surface area contributed by atoms with E-state index in [1.165, 1.54) is 47.3 Å². The molecular weight excluding hydrogens is 471 g/mol. The van der Waals surface area contributed by atoms with E-state index in [1.807, 2.05) is 0 Å². The first-order valence-corrected chi connectivity index (χ1v) is 11.4. The number of benzene rings is 2. The molecule has 0 aliphatic heterocycles. The summed E-state index contributed by atoms with van der Waals surface area (Å²) in [7, 11) is 0. The smallest absolute Gasteiger partial charge is 0.170 e. The van der Waals surface area contributed by atoms with Crippen LogP contribution in [0.5, 0.6) is 0 Å². The Bertz CT molecular complexity index is 1250. The molecule has 33 heavy (non-hydrogen) atoms. The molecule has 1 N–H and O–H groups in total. The molecule has 0 bridgehead atoms. The Kier molecular flexibility index (Phi) is 6.91. The second-order valence-corrected chi connectivity index (χ2v) is 9.54. The Labute approximate surface area is 196 Å². The van der Waals surface area contributed by atoms with Crippen molar-refractivity contribution < 1.29 is 18.3 Å². The summed E-state index contributed by atoms with van der Waals surface area (Å²) in [5, 5.41) is 15.0. The molecule has 0 fully saturated rings. The van der Waals surface area contributed by atoms with Gasteiger partial charge in [-0.15, -0.1) is 0 Å². The molecule has 2 aromatic carbocycles. The molecule has 0 spiro atoms. The van der Waals surface area contributed by atoms with Crippen molar-refractivity contribution in [3.63, 3.8) is 0 Å². The largest absolute Gasteiger partial charge is 0.382 e. The predicted molar refractivity (Wildman–Crippen MR) is 121 cm³/mol. The summed E-state index contributed by atoms with van der Waals surface area (Å²) in [5.74, 6) is -1.46. The summed E-state index contributed by atoms with van der Waals surface area (Å²) in [6.07, 6.45) is 6.17. The molecule has 2 aromatic heterocycles. The fourth-order valence-corrected chi connectivity index (χ4v) is 5.13. The van der Waals surface area contributed by atoms with Crippen molar-refractivity contribution in [2.75, 3.05) is 0 Å². The predicted octanol–water partition coefficient (Wildman–Crippen LogP) is 4.79. The molecule has 4 aromatic rings. The van der Waals surface area contributed by atoms with Gasteiger partial charge in [0, 0.05) is 16.9 Å². The minimum Gasteiger partial charge on any atom is -0.382 e. The number of hydrogen-bond donors (Lipinski definition) is 1. The summed E-state index contributed by atoms with van der Waals surface area (Å²) in [5.41, 5.74) is -1.01. The third-order valence-corrected chi connectivity index (χ3v) is 7.01. The SMILES string of the molecule is C[C@@H](Sc1nc(C=Cc2ccc(F)cc2)ns1)C(O)(Cn1cncn1)c1ccc(F)cc1F. The molecule has 0 saturated carbocycles. The average Bonchev–Trinajstić information content (AvgIpc) is 3.45. The molecule has 0 aliphatic carbocycles. The van der Waals surface area contributed by atoms with Crippen molar-refractivity contribution in [3.8, 4) is 0 Å². The molecule has 2 atom stereocenters. The molecule has 0 radical (unpaired) electrons. The van der Waals surface area contributed by atoms with Crippen molar-refractivity contribution in [2.24, 2.45) is 0 Å². The van der Waals surface area contributed by atoms with Crippen molar-refractivity contribution >= 4 is 35.4 Å². The highest BCUT2D eigenvalue weighted by molar-refractivity contribution is 8.01. The molecule has 170 valence electrons. The average molecular weight is 490 g/mol. The summed E-state index contributed by atoms with van der Waals surface area (Å²) in [4.78, 5) is 8.30. The van der Waals surface area contributed by atoms with E-state index in [2.05, 4.69) is 19.4 Å². The van der Waals surface area contributed by atoms with Crippen LogP contribution in [0.1, 0.15) is 23.9 Å². The maximum Gasteiger partial charge on any atom is 0.170 e. The van der Waals surface area contributed by atoms with Gasteiger partial charge in [0.25, 0.3) is 0 Å². The minimum atomic E-state index is -1.74. The van der Waals surface area contributed by atoms with Gasteiger partial charge in [0.2, 0.25) is 0 Å². The normalized spacial score (nSPS) is 14.5. The molecule has 2 heterocycles. The van der Waals surface area contributed by atoms with Gasteiger partial charge in [-0.05, 0) is 48.3 Å². The van der Waals surface area contributed by atoms with Crippen LogP contribution >= 0.6 is 23.3 Å². The highest BCUT2D eigenvalue weighted by atomic mass is 32.2. The second-order valence-electron chi connectivity index (χ2n) is 7.20. The molecule has 0 aliphatic rings. The van der Waals surface area contributed by atoms with Crippen LogP contribution in [-0.4, -0.2) is 34.5 Å². The van der Waals surface area contributed by atoms with E-state index in [9.17, 15) is 18.3 Å². The lowest BCUT2D eigenvalue weighted by Crippen LogP contribution is -2.41. The highest BCUT2D eigenvalue weighted by Crippen LogP contribution is 2.39. The fourth-order valence-electron chi connectivity index (χ4n) is 3.16. The van der Waals surface area contributed by atoms with Gasteiger partial charge in [0.05, 0.1) is 6.54 Å². The Morgan fingerprint density at radius 1 is 1.12 bits per heavy atom. The highest BCUT2D eigenvalue weighted by Gasteiger charge is 2.40. The molecule has 6 nitrogen and oxygen atoms in total. The summed E-state index contributed by atoms with van der Waals surface area (Å²) >= 11 is 2.35. The molecule has 1 unspecified atom stereocenters. The number of nitrogens with zero attached hydrogens (tertiary/aromatic N) is 5. The Morgan fingerprint density at radius 2 is 1.88 bits per heavy atom. The van der Waals surface area contributed by atoms with E-state index in [1.54, 1.807) is 31.2 Å². The quantitative estimate of drug-likeness (QED) is 0.359. The van der Waals surface area contributed by atoms with Gasteiger partial charge in [0.15, 0.2) is 10.2 Å². The molecule has 4 rings (SSSR count). The molecule has 11 heteroatoms. The third-order valence-electron chi connectivity index (χ3n) is 4.94. The van der Waals surface area contributed by atoms with Gasteiger partial charge >= 0.3 is 0 Å². The molecule has 0 saturated heterocycles. The summed E-state index contributed by atoms with van der Waals surface area (Å²) < 4.78 is 47.4. The van der Waals surface area contributed by atoms with Gasteiger partial charge in [-0.25, -0.2) is 27.8 Å². The van der Waals surface area contributed by atoms with Crippen molar-refractivity contribution in [1.29, 1.82) is 0 Å². The number of aliphatic hydroxyl groups is 1. The van der Waals surface area contributed by atoms with E-state index in [0.717, 1.165) is 29.2 Å². The fraction of sp³-hybridized carbons (Fsp3) is 0.182. The first-order valence-electron chi connectivity index (χ1n) is 9.78. The lowest BCUT2D eigenvalue weighted by molar-refractivity contribution is 0.0133. The van der Waals surface area contributed by atoms with Crippen LogP contribution in [-0.2, 0) is 12.1 Å². The minimum absolute atomic E-state index is 0.0552. The van der Waals surface area contributed by atoms with Crippen LogP contribution in [0.15, 0.2) is 59.5 Å². The summed E-state index contributed by atoms with van der Waals surface area (Å²) in [6, 6.07) is 9.07. The summed E-state index contributed by atoms with van der Waals surface area (Å²) in [6.45, 7) is 1.62. The monoisotopic (exact) mass is 489 g/mol. The standard InChI is InChI=1S/C22H18F3N5OS2/c1-14(32-21-28-20(29-33-21)9-4-15-2-5-16(23)6-3-15)22(31,11-30-13-26-12-27-30)18-8-7-17(24)10-19(18)25/h2-10,12-14,31H,11H2,1H3/t14-,22?/m1/s1. The van der Waals surface area contributed by atoms with E-state index in [4.69, 9.17) is 0 Å². The van der Waals surface area contributed by atoms with Crippen LogP contribution in [0.4, 0.5) is 13.2 Å². The zero-order valence-electron chi connectivity index (χ0n) is 17.3. The van der Waals surface area contributed by atoms with Crippen LogP contribution < -0.4 is 0 Å². The van der Waals surface area contributed by atoms with Gasteiger partial charge in [0.1, 0.15) is 35.7 Å². The lowest BCUT2D eigenvalue weighted by Gasteiger charge is -2.33. The van der Waals surface area contributed by atoms with E-state index >= 15 is 0 Å². The first kappa shape index (κ1) is 23.1. The van der Waals surface area contributed by atoms with Gasteiger partial charge in [-0.2, -0.15) is 9.47 Å². The molecule has 0 amide bonds. The van der Waals surface area contributed by atoms with Crippen LogP contribution in [0.25, 0.3) is 12.2 Å². The molecular formula is C22H18F3N5OS2. The maximum absolute atomic E-state index is 14.7. The van der Waals surface area contributed by atoms with Crippen LogP contribution in [0.2, 0.25) is 0 Å². The van der Waals surface area contributed by atoms with Gasteiger partial charge in [-0.3, -0.25) is 0 Å². The third kappa shape index (κ3) is 5.49. The van der Waals surface area contributed by atoms with Crippen LogP contribution in [0.3, 0.4) is 0 Å². The van der Waals surface area contributed by atoms with Crippen molar-refractivity contribution in [1.82, 2.24) is 24.1 Å². The second kappa shape index (κ2) is 9.86. The van der Waals surface area contributed by atoms with E-state index < -0.39 is 22.5 Å². The zero-order valence-corrected chi connectivity index (χ0v) is 18.9. The topological polar surface area (TPSA) is 76.7 Å². The Balaban J connectivity index is 1.56. The van der Waals surface area contributed by atoms with Crippen molar-refractivity contribution in [2.45, 2.75) is 28.7 Å². The number of rotatable bonds is 8. The van der Waals surface area contributed by atoms with E-state index in [-0.39, 0.29) is 17.9 Å². The Morgan fingerprint density at radius 3 is 2.58 bits per heavy atom. The van der Waals surface area contributed by atoms with E-state index in [0.29, 0.717) is 10.2 Å². The van der Waals surface area contributed by atoms with Gasteiger partial charge < -0.3 is 5.11 Å². The maximum atomic E-state index is 14.7. The zero-order chi connectivity index (χ0) is 23.4. The Hall–Kier alpha value is -3.02. The number of hydrogen-bond acceptors (Lipinski definition) is 7. The van der Waals surface area contributed by atoms with Gasteiger partial charge in [-0.1, -0.05) is 36.0 Å². The number of halogens is 3. The van der Waals surface area contributed by atoms with Crippen molar-refractivity contribution in [3.05, 3.63) is 89.5 Å². The van der Waals surface area contributed by atoms with Crippen LogP contribution in [0, 0.1) is 17.5 Å².